The Hall–Kier alpha value is -3.07. The smallest absolute Gasteiger partial charge is 0.289 e. The van der Waals surface area contributed by atoms with E-state index in [9.17, 15) is 18.5 Å². The summed E-state index contributed by atoms with van der Waals surface area (Å²) in [6.07, 6.45) is 1.00. The molecular weight excluding hydrogens is 428 g/mol. The highest BCUT2D eigenvalue weighted by atomic mass is 32.2. The van der Waals surface area contributed by atoms with Crippen LogP contribution in [0.5, 0.6) is 0 Å². The fourth-order valence-corrected chi connectivity index (χ4v) is 6.68. The number of rotatable bonds is 7. The predicted octanol–water partition coefficient (Wildman–Crippen LogP) is 4.66. The summed E-state index contributed by atoms with van der Waals surface area (Å²) in [5, 5.41) is 11.6. The molecule has 32 heavy (non-hydrogen) atoms. The molecule has 1 aliphatic carbocycles. The number of ether oxygens (including phenoxy) is 1. The molecule has 1 spiro atoms. The van der Waals surface area contributed by atoms with Crippen molar-refractivity contribution < 1.29 is 18.1 Å². The minimum absolute atomic E-state index is 0.262. The molecule has 5 rings (SSSR count). The highest BCUT2D eigenvalue weighted by Crippen LogP contribution is 2.70. The van der Waals surface area contributed by atoms with Crippen molar-refractivity contribution in [2.45, 2.75) is 36.6 Å². The Bertz CT molecular complexity index is 1240. The molecule has 1 saturated heterocycles. The van der Waals surface area contributed by atoms with Gasteiger partial charge in [0.2, 0.25) is 0 Å². The first-order chi connectivity index (χ1) is 15.4. The molecule has 2 atom stereocenters. The van der Waals surface area contributed by atoms with Crippen molar-refractivity contribution in [3.05, 3.63) is 106 Å². The normalized spacial score (nSPS) is 21.8. The third kappa shape index (κ3) is 3.31. The lowest BCUT2D eigenvalue weighted by molar-refractivity contribution is -0.387. The summed E-state index contributed by atoms with van der Waals surface area (Å²) in [6.45, 7) is 0.262. The summed E-state index contributed by atoms with van der Waals surface area (Å²) in [6, 6.07) is 24.1. The SMILES string of the molecule is O=[N+]([O-])c1ccccc1S(=O)(=O)N1C(OCc2ccccc2)C2(CC2)C1c1ccccc1. The van der Waals surface area contributed by atoms with Gasteiger partial charge in [-0.25, -0.2) is 8.42 Å². The number of benzene rings is 3. The van der Waals surface area contributed by atoms with E-state index in [0.717, 1.165) is 24.0 Å². The van der Waals surface area contributed by atoms with Gasteiger partial charge in [0.25, 0.3) is 15.7 Å². The topological polar surface area (TPSA) is 89.8 Å². The van der Waals surface area contributed by atoms with Gasteiger partial charge >= 0.3 is 0 Å². The van der Waals surface area contributed by atoms with E-state index in [4.69, 9.17) is 4.74 Å². The number of nitrogens with zero attached hydrogens (tertiary/aromatic N) is 2. The lowest BCUT2D eigenvalue weighted by atomic mass is 9.80. The average molecular weight is 451 g/mol. The van der Waals surface area contributed by atoms with Gasteiger partial charge in [0.1, 0.15) is 6.23 Å². The highest BCUT2D eigenvalue weighted by Gasteiger charge is 2.72. The van der Waals surface area contributed by atoms with Gasteiger partial charge in [-0.3, -0.25) is 10.1 Å². The number of hydrogen-bond donors (Lipinski definition) is 0. The lowest BCUT2D eigenvalue weighted by Crippen LogP contribution is -2.63. The number of sulfonamides is 1. The minimum Gasteiger partial charge on any atom is -0.357 e. The molecule has 0 bridgehead atoms. The summed E-state index contributed by atoms with van der Waals surface area (Å²) in [5.41, 5.74) is 1.06. The quantitative estimate of drug-likeness (QED) is 0.386. The zero-order valence-electron chi connectivity index (χ0n) is 17.2. The van der Waals surface area contributed by atoms with Crippen molar-refractivity contribution in [2.24, 2.45) is 5.41 Å². The first-order valence-electron chi connectivity index (χ1n) is 10.4. The molecule has 2 unspecified atom stereocenters. The van der Waals surface area contributed by atoms with Crippen molar-refractivity contribution >= 4 is 15.7 Å². The van der Waals surface area contributed by atoms with Gasteiger partial charge in [0.15, 0.2) is 4.90 Å². The van der Waals surface area contributed by atoms with Crippen LogP contribution in [0.4, 0.5) is 5.69 Å². The molecule has 2 aliphatic rings. The zero-order chi connectivity index (χ0) is 22.3. The molecule has 0 N–H and O–H groups in total. The van der Waals surface area contributed by atoms with Crippen LogP contribution >= 0.6 is 0 Å². The molecule has 1 saturated carbocycles. The van der Waals surface area contributed by atoms with Gasteiger partial charge in [-0.2, -0.15) is 4.31 Å². The van der Waals surface area contributed by atoms with Crippen LogP contribution in [0.15, 0.2) is 89.8 Å². The third-order valence-electron chi connectivity index (χ3n) is 6.33. The number of para-hydroxylation sites is 1. The molecule has 0 amide bonds. The fraction of sp³-hybridized carbons (Fsp3) is 0.250. The fourth-order valence-electron chi connectivity index (χ4n) is 4.67. The summed E-state index contributed by atoms with van der Waals surface area (Å²) in [5.74, 6) is 0. The zero-order valence-corrected chi connectivity index (χ0v) is 18.0. The molecule has 2 fully saturated rings. The molecule has 164 valence electrons. The lowest BCUT2D eigenvalue weighted by Gasteiger charge is -2.54. The highest BCUT2D eigenvalue weighted by molar-refractivity contribution is 7.89. The van der Waals surface area contributed by atoms with Gasteiger partial charge in [0, 0.05) is 11.5 Å². The van der Waals surface area contributed by atoms with E-state index in [1.165, 1.54) is 28.6 Å². The Morgan fingerprint density at radius 1 is 0.938 bits per heavy atom. The van der Waals surface area contributed by atoms with E-state index >= 15 is 0 Å². The summed E-state index contributed by atoms with van der Waals surface area (Å²) >= 11 is 0. The molecule has 0 radical (unpaired) electrons. The second-order valence-electron chi connectivity index (χ2n) is 8.26. The first-order valence-corrected chi connectivity index (χ1v) is 11.9. The number of hydrogen-bond acceptors (Lipinski definition) is 5. The van der Waals surface area contributed by atoms with Crippen molar-refractivity contribution in [1.82, 2.24) is 4.31 Å². The standard InChI is InChI=1S/C24H22N2O5S/c27-26(28)20-13-7-8-14-21(20)32(29,30)25-22(19-11-5-2-6-12-19)24(15-16-24)23(25)31-17-18-9-3-1-4-10-18/h1-14,22-23H,15-17H2. The van der Waals surface area contributed by atoms with Crippen molar-refractivity contribution in [2.75, 3.05) is 0 Å². The van der Waals surface area contributed by atoms with E-state index in [1.807, 2.05) is 60.7 Å². The molecule has 3 aromatic rings. The number of nitro groups is 1. The average Bonchev–Trinajstić information content (AvgIpc) is 3.62. The van der Waals surface area contributed by atoms with E-state index in [2.05, 4.69) is 0 Å². The maximum atomic E-state index is 13.8. The summed E-state index contributed by atoms with van der Waals surface area (Å²) in [7, 11) is -4.19. The monoisotopic (exact) mass is 450 g/mol. The van der Waals surface area contributed by atoms with Crippen LogP contribution in [0.1, 0.15) is 30.0 Å². The second kappa shape index (κ2) is 7.81. The maximum Gasteiger partial charge on any atom is 0.289 e. The van der Waals surface area contributed by atoms with Crippen LogP contribution in [-0.2, 0) is 21.4 Å². The molecule has 7 nitrogen and oxygen atoms in total. The Balaban J connectivity index is 1.56. The third-order valence-corrected chi connectivity index (χ3v) is 8.19. The van der Waals surface area contributed by atoms with E-state index in [0.29, 0.717) is 0 Å². The van der Waals surface area contributed by atoms with Crippen LogP contribution in [0.3, 0.4) is 0 Å². The predicted molar refractivity (Wildman–Crippen MR) is 118 cm³/mol. The Morgan fingerprint density at radius 3 is 2.16 bits per heavy atom. The number of nitro benzene ring substituents is 1. The molecule has 8 heteroatoms. The largest absolute Gasteiger partial charge is 0.357 e. The van der Waals surface area contributed by atoms with Crippen LogP contribution in [0.25, 0.3) is 0 Å². The molecule has 1 aliphatic heterocycles. The molecular formula is C24H22N2O5S. The van der Waals surface area contributed by atoms with Crippen LogP contribution < -0.4 is 0 Å². The van der Waals surface area contributed by atoms with E-state index in [-0.39, 0.29) is 16.9 Å². The molecule has 0 aromatic heterocycles. The maximum absolute atomic E-state index is 13.8. The Morgan fingerprint density at radius 2 is 1.53 bits per heavy atom. The summed E-state index contributed by atoms with van der Waals surface area (Å²) < 4.78 is 35.1. The van der Waals surface area contributed by atoms with Gasteiger partial charge < -0.3 is 4.74 Å². The van der Waals surface area contributed by atoms with Gasteiger partial charge in [-0.15, -0.1) is 0 Å². The molecule has 1 heterocycles. The first kappa shape index (κ1) is 20.8. The Labute approximate surface area is 186 Å². The molecule has 3 aromatic carbocycles. The summed E-state index contributed by atoms with van der Waals surface area (Å²) in [4.78, 5) is 10.6. The second-order valence-corrected chi connectivity index (χ2v) is 10.1. The van der Waals surface area contributed by atoms with Crippen molar-refractivity contribution in [3.8, 4) is 0 Å². The Kier molecular flexibility index (Phi) is 5.08. The van der Waals surface area contributed by atoms with Gasteiger partial charge in [0.05, 0.1) is 17.6 Å². The van der Waals surface area contributed by atoms with Gasteiger partial charge in [-0.1, -0.05) is 72.8 Å². The van der Waals surface area contributed by atoms with Crippen LogP contribution in [0.2, 0.25) is 0 Å². The van der Waals surface area contributed by atoms with Crippen molar-refractivity contribution in [3.63, 3.8) is 0 Å². The van der Waals surface area contributed by atoms with Crippen LogP contribution in [-0.4, -0.2) is 23.9 Å². The van der Waals surface area contributed by atoms with Crippen molar-refractivity contribution in [1.29, 1.82) is 0 Å². The van der Waals surface area contributed by atoms with Gasteiger partial charge in [-0.05, 0) is 30.0 Å². The minimum atomic E-state index is -4.19. The van der Waals surface area contributed by atoms with Crippen LogP contribution in [0, 0.1) is 15.5 Å². The van der Waals surface area contributed by atoms with E-state index in [1.54, 1.807) is 0 Å². The van der Waals surface area contributed by atoms with E-state index < -0.39 is 32.9 Å².